The van der Waals surface area contributed by atoms with Crippen molar-refractivity contribution in [3.05, 3.63) is 53.6 Å². The molecule has 1 heterocycles. The van der Waals surface area contributed by atoms with Crippen molar-refractivity contribution >= 4 is 0 Å². The zero-order valence-corrected chi connectivity index (χ0v) is 12.8. The normalized spacial score (nSPS) is 12.6. The van der Waals surface area contributed by atoms with E-state index in [2.05, 4.69) is 59.2 Å². The second-order valence-electron chi connectivity index (χ2n) is 5.13. The zero-order chi connectivity index (χ0) is 14.4. The summed E-state index contributed by atoms with van der Waals surface area (Å²) < 4.78 is 2.26. The summed E-state index contributed by atoms with van der Waals surface area (Å²) in [6.07, 6.45) is 7.12. The molecule has 108 valence electrons. The Morgan fingerprint density at radius 2 is 2.05 bits per heavy atom. The monoisotopic (exact) mass is 271 g/mol. The predicted octanol–water partition coefficient (Wildman–Crippen LogP) is 3.36. The van der Waals surface area contributed by atoms with Crippen LogP contribution in [0.25, 0.3) is 0 Å². The van der Waals surface area contributed by atoms with Gasteiger partial charge in [-0.3, -0.25) is 0 Å². The number of hydrogen-bond acceptors (Lipinski definition) is 2. The third kappa shape index (κ3) is 3.28. The number of hydrogen-bond donors (Lipinski definition) is 1. The molecule has 0 radical (unpaired) electrons. The molecule has 3 nitrogen and oxygen atoms in total. The molecule has 0 aliphatic rings. The Hall–Kier alpha value is -1.61. The largest absolute Gasteiger partial charge is 0.335 e. The van der Waals surface area contributed by atoms with Gasteiger partial charge in [0, 0.05) is 31.4 Å². The van der Waals surface area contributed by atoms with Crippen LogP contribution in [0.15, 0.2) is 36.7 Å². The first-order valence-corrected chi connectivity index (χ1v) is 7.55. The molecule has 3 heteroatoms. The van der Waals surface area contributed by atoms with E-state index < -0.39 is 0 Å². The minimum Gasteiger partial charge on any atom is -0.335 e. The van der Waals surface area contributed by atoms with Gasteiger partial charge >= 0.3 is 0 Å². The molecule has 20 heavy (non-hydrogen) atoms. The number of aryl methyl sites for hydroxylation is 2. The van der Waals surface area contributed by atoms with Gasteiger partial charge in [-0.15, -0.1) is 0 Å². The highest BCUT2D eigenvalue weighted by Gasteiger charge is 2.15. The third-order valence-corrected chi connectivity index (χ3v) is 3.81. The summed E-state index contributed by atoms with van der Waals surface area (Å²) in [6, 6.07) is 9.01. The topological polar surface area (TPSA) is 29.9 Å². The Bertz CT molecular complexity index is 531. The lowest BCUT2D eigenvalue weighted by molar-refractivity contribution is 0.540. The van der Waals surface area contributed by atoms with Gasteiger partial charge in [0.2, 0.25) is 0 Å². The Labute approximate surface area is 122 Å². The van der Waals surface area contributed by atoms with Gasteiger partial charge in [-0.2, -0.15) is 0 Å². The van der Waals surface area contributed by atoms with Gasteiger partial charge in [-0.1, -0.05) is 38.1 Å². The van der Waals surface area contributed by atoms with E-state index in [-0.39, 0.29) is 0 Å². The highest BCUT2D eigenvalue weighted by atomic mass is 15.1. The maximum absolute atomic E-state index is 4.53. The fourth-order valence-electron chi connectivity index (χ4n) is 2.72. The number of nitrogens with zero attached hydrogens (tertiary/aromatic N) is 2. The maximum Gasteiger partial charge on any atom is 0.110 e. The van der Waals surface area contributed by atoms with Crippen LogP contribution in [-0.2, 0) is 19.4 Å². The van der Waals surface area contributed by atoms with Gasteiger partial charge in [-0.25, -0.2) is 4.98 Å². The third-order valence-electron chi connectivity index (χ3n) is 3.81. The van der Waals surface area contributed by atoms with Crippen LogP contribution < -0.4 is 5.32 Å². The highest BCUT2D eigenvalue weighted by Crippen LogP contribution is 2.22. The standard InChI is InChI=1S/C17H25N3/c1-4-11-20-12-10-19-17(20)13-16(18-3)15-9-7-6-8-14(15)5-2/h6-10,12,16,18H,4-5,11,13H2,1-3H3. The number of nitrogens with one attached hydrogen (secondary N) is 1. The number of benzene rings is 1. The van der Waals surface area contributed by atoms with E-state index in [1.807, 2.05) is 13.2 Å². The molecule has 0 bridgehead atoms. The maximum atomic E-state index is 4.53. The second-order valence-corrected chi connectivity index (χ2v) is 5.13. The van der Waals surface area contributed by atoms with Crippen molar-refractivity contribution in [2.45, 2.75) is 45.7 Å². The summed E-state index contributed by atoms with van der Waals surface area (Å²) in [6.45, 7) is 5.45. The van der Waals surface area contributed by atoms with Gasteiger partial charge in [0.25, 0.3) is 0 Å². The molecule has 0 aliphatic heterocycles. The summed E-state index contributed by atoms with van der Waals surface area (Å²) in [4.78, 5) is 4.53. The van der Waals surface area contributed by atoms with Crippen molar-refractivity contribution in [3.8, 4) is 0 Å². The minimum absolute atomic E-state index is 0.323. The van der Waals surface area contributed by atoms with Crippen LogP contribution in [0.3, 0.4) is 0 Å². The highest BCUT2D eigenvalue weighted by molar-refractivity contribution is 5.30. The summed E-state index contributed by atoms with van der Waals surface area (Å²) in [5.41, 5.74) is 2.81. The predicted molar refractivity (Wildman–Crippen MR) is 83.8 cm³/mol. The molecule has 0 spiro atoms. The lowest BCUT2D eigenvalue weighted by Gasteiger charge is -2.20. The Balaban J connectivity index is 2.22. The van der Waals surface area contributed by atoms with Crippen LogP contribution in [-0.4, -0.2) is 16.6 Å². The molecule has 1 N–H and O–H groups in total. The molecule has 0 fully saturated rings. The first-order chi connectivity index (χ1) is 9.80. The van der Waals surface area contributed by atoms with E-state index in [4.69, 9.17) is 0 Å². The fourth-order valence-corrected chi connectivity index (χ4v) is 2.72. The molecule has 1 unspecified atom stereocenters. The first kappa shape index (κ1) is 14.8. The van der Waals surface area contributed by atoms with Crippen molar-refractivity contribution in [1.82, 2.24) is 14.9 Å². The van der Waals surface area contributed by atoms with Crippen LogP contribution in [0.5, 0.6) is 0 Å². The lowest BCUT2D eigenvalue weighted by Crippen LogP contribution is -2.22. The fraction of sp³-hybridized carbons (Fsp3) is 0.471. The molecule has 0 saturated heterocycles. The van der Waals surface area contributed by atoms with Crippen molar-refractivity contribution in [3.63, 3.8) is 0 Å². The molecule has 1 aromatic heterocycles. The summed E-state index contributed by atoms with van der Waals surface area (Å²) in [5, 5.41) is 3.45. The average Bonchev–Trinajstić information content (AvgIpc) is 2.92. The SMILES string of the molecule is CCCn1ccnc1CC(NC)c1ccccc1CC. The first-order valence-electron chi connectivity index (χ1n) is 7.55. The van der Waals surface area contributed by atoms with Crippen molar-refractivity contribution < 1.29 is 0 Å². The van der Waals surface area contributed by atoms with Crippen LogP contribution in [0, 0.1) is 0 Å². The zero-order valence-electron chi connectivity index (χ0n) is 12.8. The summed E-state index contributed by atoms with van der Waals surface area (Å²) >= 11 is 0. The van der Waals surface area contributed by atoms with Gasteiger partial charge in [0.1, 0.15) is 5.82 Å². The molecule has 0 aliphatic carbocycles. The summed E-state index contributed by atoms with van der Waals surface area (Å²) in [5.74, 6) is 1.16. The van der Waals surface area contributed by atoms with Crippen LogP contribution in [0.1, 0.15) is 43.3 Å². The van der Waals surface area contributed by atoms with Crippen molar-refractivity contribution in [2.75, 3.05) is 7.05 Å². The molecule has 1 aromatic carbocycles. The number of rotatable bonds is 7. The van der Waals surface area contributed by atoms with Crippen molar-refractivity contribution in [2.24, 2.45) is 0 Å². The smallest absolute Gasteiger partial charge is 0.110 e. The second kappa shape index (κ2) is 7.25. The lowest BCUT2D eigenvalue weighted by atomic mass is 9.96. The minimum atomic E-state index is 0.323. The Morgan fingerprint density at radius 3 is 2.75 bits per heavy atom. The van der Waals surface area contributed by atoms with E-state index >= 15 is 0 Å². The number of likely N-dealkylation sites (N-methyl/N-ethyl adjacent to an activating group) is 1. The molecule has 0 amide bonds. The number of aromatic nitrogens is 2. The van der Waals surface area contributed by atoms with Crippen LogP contribution in [0.4, 0.5) is 0 Å². The Kier molecular flexibility index (Phi) is 5.36. The van der Waals surface area contributed by atoms with E-state index in [0.29, 0.717) is 6.04 Å². The van der Waals surface area contributed by atoms with Gasteiger partial charge in [-0.05, 0) is 31.0 Å². The van der Waals surface area contributed by atoms with E-state index in [0.717, 1.165) is 31.6 Å². The Morgan fingerprint density at radius 1 is 1.25 bits per heavy atom. The number of imidazole rings is 1. The van der Waals surface area contributed by atoms with Gasteiger partial charge < -0.3 is 9.88 Å². The van der Waals surface area contributed by atoms with Gasteiger partial charge in [0.05, 0.1) is 0 Å². The molecule has 2 aromatic rings. The van der Waals surface area contributed by atoms with E-state index in [9.17, 15) is 0 Å². The summed E-state index contributed by atoms with van der Waals surface area (Å²) in [7, 11) is 2.03. The van der Waals surface area contributed by atoms with Crippen LogP contribution in [0.2, 0.25) is 0 Å². The van der Waals surface area contributed by atoms with E-state index in [1.54, 1.807) is 0 Å². The molecular formula is C17H25N3. The average molecular weight is 271 g/mol. The quantitative estimate of drug-likeness (QED) is 0.837. The van der Waals surface area contributed by atoms with E-state index in [1.165, 1.54) is 11.1 Å². The van der Waals surface area contributed by atoms with Crippen LogP contribution >= 0.6 is 0 Å². The van der Waals surface area contributed by atoms with Crippen molar-refractivity contribution in [1.29, 1.82) is 0 Å². The molecule has 1 atom stereocenters. The molecule has 0 saturated carbocycles. The molecular weight excluding hydrogens is 246 g/mol. The molecule has 2 rings (SSSR count). The van der Waals surface area contributed by atoms with Gasteiger partial charge in [0.15, 0.2) is 0 Å².